The van der Waals surface area contributed by atoms with Crippen LogP contribution in [0.25, 0.3) is 0 Å². The second kappa shape index (κ2) is 9.33. The van der Waals surface area contributed by atoms with Crippen molar-refractivity contribution in [1.29, 1.82) is 0 Å². The molecule has 26 heavy (non-hydrogen) atoms. The van der Waals surface area contributed by atoms with Crippen molar-refractivity contribution >= 4 is 21.8 Å². The predicted molar refractivity (Wildman–Crippen MR) is 103 cm³/mol. The van der Waals surface area contributed by atoms with E-state index >= 15 is 0 Å². The van der Waals surface area contributed by atoms with Crippen LogP contribution in [-0.4, -0.2) is 40.9 Å². The Morgan fingerprint density at radius 1 is 0.885 bits per heavy atom. The van der Waals surface area contributed by atoms with Crippen LogP contribution in [0.2, 0.25) is 0 Å². The van der Waals surface area contributed by atoms with Gasteiger partial charge in [-0.15, -0.1) is 0 Å². The number of benzene rings is 2. The summed E-state index contributed by atoms with van der Waals surface area (Å²) in [5.41, 5.74) is 1.48. The van der Waals surface area contributed by atoms with E-state index in [9.17, 15) is 4.79 Å². The highest BCUT2D eigenvalue weighted by molar-refractivity contribution is 9.10. The van der Waals surface area contributed by atoms with Crippen molar-refractivity contribution in [2.45, 2.75) is 6.42 Å². The molecule has 0 aromatic heterocycles. The summed E-state index contributed by atoms with van der Waals surface area (Å²) >= 11 is 3.52. The minimum absolute atomic E-state index is 0.196. The Kier molecular flexibility index (Phi) is 7.15. The Balaban J connectivity index is 2.05. The summed E-state index contributed by atoms with van der Waals surface area (Å²) in [6.07, 6.45) is 0.633. The Morgan fingerprint density at radius 2 is 1.46 bits per heavy atom. The first kappa shape index (κ1) is 19.9. The Labute approximate surface area is 161 Å². The lowest BCUT2D eigenvalue weighted by Gasteiger charge is -2.13. The topological polar surface area (TPSA) is 66.0 Å². The zero-order valence-electron chi connectivity index (χ0n) is 15.2. The van der Waals surface area contributed by atoms with Crippen molar-refractivity contribution < 1.29 is 23.7 Å². The van der Waals surface area contributed by atoms with Crippen molar-refractivity contribution in [2.75, 3.05) is 35.0 Å². The van der Waals surface area contributed by atoms with E-state index in [-0.39, 0.29) is 5.91 Å². The van der Waals surface area contributed by atoms with Crippen molar-refractivity contribution in [3.05, 3.63) is 45.9 Å². The van der Waals surface area contributed by atoms with Gasteiger partial charge in [-0.2, -0.15) is 0 Å². The Morgan fingerprint density at radius 3 is 2.00 bits per heavy atom. The van der Waals surface area contributed by atoms with Crippen molar-refractivity contribution in [1.82, 2.24) is 5.32 Å². The third-order valence-corrected chi connectivity index (χ3v) is 4.58. The molecule has 2 rings (SSSR count). The molecule has 0 radical (unpaired) electrons. The van der Waals surface area contributed by atoms with Gasteiger partial charge in [-0.25, -0.2) is 0 Å². The first-order valence-electron chi connectivity index (χ1n) is 7.94. The molecule has 7 heteroatoms. The molecule has 1 N–H and O–H groups in total. The zero-order chi connectivity index (χ0) is 19.1. The van der Waals surface area contributed by atoms with Crippen LogP contribution in [0.5, 0.6) is 23.0 Å². The number of hydrogen-bond acceptors (Lipinski definition) is 5. The minimum Gasteiger partial charge on any atom is -0.497 e. The van der Waals surface area contributed by atoms with E-state index in [2.05, 4.69) is 21.2 Å². The largest absolute Gasteiger partial charge is 0.497 e. The molecule has 0 aliphatic heterocycles. The van der Waals surface area contributed by atoms with Crippen LogP contribution in [-0.2, 0) is 6.42 Å². The number of nitrogens with one attached hydrogen (secondary N) is 1. The molecule has 0 saturated heterocycles. The summed E-state index contributed by atoms with van der Waals surface area (Å²) in [4.78, 5) is 12.4. The van der Waals surface area contributed by atoms with Crippen LogP contribution in [0, 0.1) is 0 Å². The molecule has 1 amide bonds. The predicted octanol–water partition coefficient (Wildman–Crippen LogP) is 3.46. The zero-order valence-corrected chi connectivity index (χ0v) is 16.8. The molecule has 2 aromatic rings. The van der Waals surface area contributed by atoms with Gasteiger partial charge < -0.3 is 24.3 Å². The lowest BCUT2D eigenvalue weighted by molar-refractivity contribution is 0.0953. The molecule has 0 bridgehead atoms. The second-order valence-corrected chi connectivity index (χ2v) is 6.26. The van der Waals surface area contributed by atoms with Gasteiger partial charge in [0.1, 0.15) is 11.5 Å². The summed E-state index contributed by atoms with van der Waals surface area (Å²) in [7, 11) is 6.27. The van der Waals surface area contributed by atoms with Gasteiger partial charge in [-0.05, 0) is 36.2 Å². The standard InChI is InChI=1S/C19H22BrNO5/c1-23-14-7-13(8-15(10-14)24-2)19(22)21-6-5-12-9-17(25-3)18(26-4)11-16(12)20/h7-11H,5-6H2,1-4H3,(H,21,22). The Bertz CT molecular complexity index is 757. The van der Waals surface area contributed by atoms with Crippen LogP contribution in [0.15, 0.2) is 34.8 Å². The summed E-state index contributed by atoms with van der Waals surface area (Å²) < 4.78 is 21.9. The molecule has 0 heterocycles. The van der Waals surface area contributed by atoms with Gasteiger partial charge in [0.05, 0.1) is 28.4 Å². The molecule has 0 fully saturated rings. The summed E-state index contributed by atoms with van der Waals surface area (Å²) in [5.74, 6) is 2.23. The third kappa shape index (κ3) is 4.82. The van der Waals surface area contributed by atoms with Crippen LogP contribution in [0.4, 0.5) is 0 Å². The van der Waals surface area contributed by atoms with E-state index < -0.39 is 0 Å². The van der Waals surface area contributed by atoms with E-state index in [0.717, 1.165) is 10.0 Å². The molecule has 0 spiro atoms. The molecule has 2 aromatic carbocycles. The number of methoxy groups -OCH3 is 4. The molecular weight excluding hydrogens is 402 g/mol. The SMILES string of the molecule is COc1cc(OC)cc(C(=O)NCCc2cc(OC)c(OC)cc2Br)c1. The van der Waals surface area contributed by atoms with Gasteiger partial charge in [0.2, 0.25) is 0 Å². The number of ether oxygens (including phenoxy) is 4. The average molecular weight is 424 g/mol. The minimum atomic E-state index is -0.196. The quantitative estimate of drug-likeness (QED) is 0.703. The average Bonchev–Trinajstić information content (AvgIpc) is 2.68. The highest BCUT2D eigenvalue weighted by atomic mass is 79.9. The number of carbonyl (C=O) groups is 1. The van der Waals surface area contributed by atoms with Crippen LogP contribution >= 0.6 is 15.9 Å². The number of rotatable bonds is 8. The van der Waals surface area contributed by atoms with E-state index in [0.29, 0.717) is 41.5 Å². The first-order valence-corrected chi connectivity index (χ1v) is 8.73. The summed E-state index contributed by atoms with van der Waals surface area (Å²) in [6, 6.07) is 8.80. The van der Waals surface area contributed by atoms with Crippen LogP contribution < -0.4 is 24.3 Å². The molecule has 6 nitrogen and oxygen atoms in total. The monoisotopic (exact) mass is 423 g/mol. The molecular formula is C19H22BrNO5. The smallest absolute Gasteiger partial charge is 0.251 e. The summed E-state index contributed by atoms with van der Waals surface area (Å²) in [5, 5.41) is 2.90. The van der Waals surface area contributed by atoms with Gasteiger partial charge in [0, 0.05) is 22.6 Å². The highest BCUT2D eigenvalue weighted by Crippen LogP contribution is 2.33. The van der Waals surface area contributed by atoms with Gasteiger partial charge in [0.25, 0.3) is 5.91 Å². The van der Waals surface area contributed by atoms with E-state index in [1.54, 1.807) is 46.6 Å². The van der Waals surface area contributed by atoms with E-state index in [4.69, 9.17) is 18.9 Å². The lowest BCUT2D eigenvalue weighted by Crippen LogP contribution is -2.25. The lowest BCUT2D eigenvalue weighted by atomic mass is 10.1. The molecule has 140 valence electrons. The first-order chi connectivity index (χ1) is 12.5. The fourth-order valence-electron chi connectivity index (χ4n) is 2.44. The maximum Gasteiger partial charge on any atom is 0.251 e. The molecule has 0 saturated carbocycles. The van der Waals surface area contributed by atoms with Gasteiger partial charge in [0.15, 0.2) is 11.5 Å². The molecule has 0 aliphatic rings. The number of halogens is 1. The maximum atomic E-state index is 12.4. The molecule has 0 unspecified atom stereocenters. The van der Waals surface area contributed by atoms with Crippen LogP contribution in [0.1, 0.15) is 15.9 Å². The van der Waals surface area contributed by atoms with Crippen molar-refractivity contribution in [3.63, 3.8) is 0 Å². The molecule has 0 atom stereocenters. The number of carbonyl (C=O) groups excluding carboxylic acids is 1. The normalized spacial score (nSPS) is 10.2. The van der Waals surface area contributed by atoms with Crippen molar-refractivity contribution in [2.24, 2.45) is 0 Å². The highest BCUT2D eigenvalue weighted by Gasteiger charge is 2.12. The van der Waals surface area contributed by atoms with Gasteiger partial charge >= 0.3 is 0 Å². The fraction of sp³-hybridized carbons (Fsp3) is 0.316. The van der Waals surface area contributed by atoms with Crippen LogP contribution in [0.3, 0.4) is 0 Å². The molecule has 0 aliphatic carbocycles. The summed E-state index contributed by atoms with van der Waals surface area (Å²) in [6.45, 7) is 0.465. The Hall–Kier alpha value is -2.41. The van der Waals surface area contributed by atoms with E-state index in [1.165, 1.54) is 0 Å². The van der Waals surface area contributed by atoms with Gasteiger partial charge in [-0.1, -0.05) is 15.9 Å². The third-order valence-electron chi connectivity index (χ3n) is 3.85. The fourth-order valence-corrected chi connectivity index (χ4v) is 2.96. The van der Waals surface area contributed by atoms with Crippen molar-refractivity contribution in [3.8, 4) is 23.0 Å². The van der Waals surface area contributed by atoms with E-state index in [1.807, 2.05) is 12.1 Å². The van der Waals surface area contributed by atoms with Gasteiger partial charge in [-0.3, -0.25) is 4.79 Å². The maximum absolute atomic E-state index is 12.4. The number of amides is 1. The number of hydrogen-bond donors (Lipinski definition) is 1. The second-order valence-electron chi connectivity index (χ2n) is 5.41.